The van der Waals surface area contributed by atoms with Gasteiger partial charge in [-0.1, -0.05) is 0 Å². The van der Waals surface area contributed by atoms with Gasteiger partial charge in [0.15, 0.2) is 0 Å². The second-order valence-electron chi connectivity index (χ2n) is 3.23. The van der Waals surface area contributed by atoms with Crippen molar-refractivity contribution in [2.24, 2.45) is 5.92 Å². The SMILES string of the molecule is C[C@@H]1CC(C(=O)Cl)C[C@H](C)O1. The van der Waals surface area contributed by atoms with Crippen LogP contribution < -0.4 is 0 Å². The summed E-state index contributed by atoms with van der Waals surface area (Å²) in [6, 6.07) is 0. The molecule has 0 amide bonds. The average molecular weight is 177 g/mol. The molecule has 0 N–H and O–H groups in total. The van der Waals surface area contributed by atoms with Crippen molar-refractivity contribution in [1.29, 1.82) is 0 Å². The number of halogens is 1. The lowest BCUT2D eigenvalue weighted by Crippen LogP contribution is -2.31. The Morgan fingerprint density at radius 1 is 1.36 bits per heavy atom. The average Bonchev–Trinajstić information content (AvgIpc) is 1.85. The summed E-state index contributed by atoms with van der Waals surface area (Å²) < 4.78 is 5.46. The lowest BCUT2D eigenvalue weighted by molar-refractivity contribution is -0.123. The van der Waals surface area contributed by atoms with Gasteiger partial charge in [-0.3, -0.25) is 4.79 Å². The maximum atomic E-state index is 10.8. The molecule has 11 heavy (non-hydrogen) atoms. The summed E-state index contributed by atoms with van der Waals surface area (Å²) in [5.41, 5.74) is 0. The van der Waals surface area contributed by atoms with Crippen LogP contribution in [0.2, 0.25) is 0 Å². The fourth-order valence-electron chi connectivity index (χ4n) is 1.59. The van der Waals surface area contributed by atoms with Crippen molar-refractivity contribution in [2.45, 2.75) is 38.9 Å². The summed E-state index contributed by atoms with van der Waals surface area (Å²) in [6.45, 7) is 3.95. The van der Waals surface area contributed by atoms with Crippen molar-refractivity contribution in [1.82, 2.24) is 0 Å². The van der Waals surface area contributed by atoms with E-state index in [1.54, 1.807) is 0 Å². The van der Waals surface area contributed by atoms with E-state index >= 15 is 0 Å². The van der Waals surface area contributed by atoms with E-state index in [2.05, 4.69) is 0 Å². The van der Waals surface area contributed by atoms with Crippen LogP contribution in [0, 0.1) is 5.92 Å². The van der Waals surface area contributed by atoms with E-state index in [1.165, 1.54) is 0 Å². The molecule has 0 aliphatic carbocycles. The van der Waals surface area contributed by atoms with Gasteiger partial charge in [-0.15, -0.1) is 0 Å². The first kappa shape index (κ1) is 9.01. The number of carbonyl (C=O) groups excluding carboxylic acids is 1. The van der Waals surface area contributed by atoms with Crippen LogP contribution in [0.5, 0.6) is 0 Å². The predicted molar refractivity (Wildman–Crippen MR) is 43.6 cm³/mol. The predicted octanol–water partition coefficient (Wildman–Crippen LogP) is 1.96. The Balaban J connectivity index is 2.49. The minimum Gasteiger partial charge on any atom is -0.376 e. The second kappa shape index (κ2) is 3.55. The summed E-state index contributed by atoms with van der Waals surface area (Å²) in [7, 11) is 0. The molecule has 1 aliphatic heterocycles. The quantitative estimate of drug-likeness (QED) is 0.571. The van der Waals surface area contributed by atoms with Crippen LogP contribution in [0.25, 0.3) is 0 Å². The van der Waals surface area contributed by atoms with Gasteiger partial charge in [-0.05, 0) is 38.3 Å². The van der Waals surface area contributed by atoms with Crippen molar-refractivity contribution >= 4 is 16.8 Å². The van der Waals surface area contributed by atoms with Crippen LogP contribution in [-0.2, 0) is 9.53 Å². The van der Waals surface area contributed by atoms with E-state index in [0.717, 1.165) is 12.8 Å². The van der Waals surface area contributed by atoms with Crippen molar-refractivity contribution in [3.63, 3.8) is 0 Å². The molecule has 64 valence electrons. The number of hydrogen-bond acceptors (Lipinski definition) is 2. The van der Waals surface area contributed by atoms with Crippen LogP contribution in [-0.4, -0.2) is 17.5 Å². The third kappa shape index (κ3) is 2.46. The molecular weight excluding hydrogens is 164 g/mol. The molecule has 1 rings (SSSR count). The first-order chi connectivity index (χ1) is 5.09. The van der Waals surface area contributed by atoms with Gasteiger partial charge in [0.25, 0.3) is 0 Å². The zero-order chi connectivity index (χ0) is 8.43. The first-order valence-electron chi connectivity index (χ1n) is 3.94. The van der Waals surface area contributed by atoms with Gasteiger partial charge in [0.1, 0.15) is 0 Å². The van der Waals surface area contributed by atoms with E-state index in [1.807, 2.05) is 13.8 Å². The first-order valence-corrected chi connectivity index (χ1v) is 4.32. The summed E-state index contributed by atoms with van der Waals surface area (Å²) in [5, 5.41) is -0.216. The molecule has 0 aromatic heterocycles. The Labute approximate surface area is 71.9 Å². The molecule has 3 atom stereocenters. The molecule has 3 heteroatoms. The Morgan fingerprint density at radius 3 is 2.18 bits per heavy atom. The number of hydrogen-bond donors (Lipinski definition) is 0. The normalized spacial score (nSPS) is 38.6. The van der Waals surface area contributed by atoms with Crippen molar-refractivity contribution in [3.8, 4) is 0 Å². The van der Waals surface area contributed by atoms with Gasteiger partial charge in [-0.25, -0.2) is 0 Å². The molecule has 0 bridgehead atoms. The zero-order valence-electron chi connectivity index (χ0n) is 6.84. The van der Waals surface area contributed by atoms with Crippen LogP contribution >= 0.6 is 11.6 Å². The van der Waals surface area contributed by atoms with Crippen LogP contribution in [0.4, 0.5) is 0 Å². The third-order valence-corrected chi connectivity index (χ3v) is 2.33. The molecule has 1 fully saturated rings. The smallest absolute Gasteiger partial charge is 0.224 e. The topological polar surface area (TPSA) is 26.3 Å². The highest BCUT2D eigenvalue weighted by atomic mass is 35.5. The standard InChI is InChI=1S/C8H13ClO2/c1-5-3-7(8(9)10)4-6(2)11-5/h5-7H,3-4H2,1-2H3/t5-,6+,7?. The lowest BCUT2D eigenvalue weighted by atomic mass is 9.94. The van der Waals surface area contributed by atoms with Gasteiger partial charge in [0.2, 0.25) is 5.24 Å². The van der Waals surface area contributed by atoms with Gasteiger partial charge < -0.3 is 4.74 Å². The Bertz CT molecular complexity index is 148. The lowest BCUT2D eigenvalue weighted by Gasteiger charge is -2.29. The highest BCUT2D eigenvalue weighted by molar-refractivity contribution is 6.63. The van der Waals surface area contributed by atoms with Crippen LogP contribution in [0.1, 0.15) is 26.7 Å². The minimum atomic E-state index is -0.216. The van der Waals surface area contributed by atoms with E-state index in [0.29, 0.717) is 0 Å². The highest BCUT2D eigenvalue weighted by Gasteiger charge is 2.28. The third-order valence-electron chi connectivity index (χ3n) is 2.02. The number of rotatable bonds is 1. The van der Waals surface area contributed by atoms with Crippen LogP contribution in [0.15, 0.2) is 0 Å². The molecule has 1 saturated heterocycles. The Hall–Kier alpha value is -0.0800. The number of ether oxygens (including phenoxy) is 1. The molecule has 2 nitrogen and oxygen atoms in total. The van der Waals surface area contributed by atoms with E-state index in [9.17, 15) is 4.79 Å². The Morgan fingerprint density at radius 2 is 1.82 bits per heavy atom. The minimum absolute atomic E-state index is 0.00965. The fraction of sp³-hybridized carbons (Fsp3) is 0.875. The molecule has 0 radical (unpaired) electrons. The maximum absolute atomic E-state index is 10.8. The fourth-order valence-corrected chi connectivity index (χ4v) is 1.77. The largest absolute Gasteiger partial charge is 0.376 e. The summed E-state index contributed by atoms with van der Waals surface area (Å²) >= 11 is 5.39. The maximum Gasteiger partial charge on any atom is 0.224 e. The van der Waals surface area contributed by atoms with Gasteiger partial charge in [0, 0.05) is 5.92 Å². The molecule has 0 spiro atoms. The monoisotopic (exact) mass is 176 g/mol. The second-order valence-corrected chi connectivity index (χ2v) is 3.60. The van der Waals surface area contributed by atoms with E-state index < -0.39 is 0 Å². The molecule has 1 unspecified atom stereocenters. The molecule has 1 heterocycles. The van der Waals surface area contributed by atoms with Crippen LogP contribution in [0.3, 0.4) is 0 Å². The summed E-state index contributed by atoms with van der Waals surface area (Å²) in [5.74, 6) is 0.00965. The Kier molecular flexibility index (Phi) is 2.90. The van der Waals surface area contributed by atoms with Gasteiger partial charge in [-0.2, -0.15) is 0 Å². The van der Waals surface area contributed by atoms with Crippen molar-refractivity contribution in [3.05, 3.63) is 0 Å². The van der Waals surface area contributed by atoms with Gasteiger partial charge >= 0.3 is 0 Å². The molecular formula is C8H13ClO2. The van der Waals surface area contributed by atoms with Crippen molar-refractivity contribution < 1.29 is 9.53 Å². The molecule has 0 aromatic carbocycles. The zero-order valence-corrected chi connectivity index (χ0v) is 7.60. The summed E-state index contributed by atoms with van der Waals surface area (Å²) in [4.78, 5) is 10.8. The summed E-state index contributed by atoms with van der Waals surface area (Å²) in [6.07, 6.45) is 1.89. The molecule has 0 saturated carbocycles. The van der Waals surface area contributed by atoms with E-state index in [4.69, 9.17) is 16.3 Å². The van der Waals surface area contributed by atoms with E-state index in [-0.39, 0.29) is 23.4 Å². The van der Waals surface area contributed by atoms with Crippen molar-refractivity contribution in [2.75, 3.05) is 0 Å². The molecule has 0 aromatic rings. The number of carbonyl (C=O) groups is 1. The van der Waals surface area contributed by atoms with Gasteiger partial charge in [0.05, 0.1) is 12.2 Å². The highest BCUT2D eigenvalue weighted by Crippen LogP contribution is 2.26. The molecule has 1 aliphatic rings.